The van der Waals surface area contributed by atoms with Crippen LogP contribution in [-0.4, -0.2) is 38.0 Å². The third kappa shape index (κ3) is 2.85. The van der Waals surface area contributed by atoms with Crippen molar-refractivity contribution in [1.82, 2.24) is 25.0 Å². The third-order valence-corrected chi connectivity index (χ3v) is 2.97. The molecule has 3 aromatic rings. The summed E-state index contributed by atoms with van der Waals surface area (Å²) in [6.45, 7) is 2.23. The van der Waals surface area contributed by atoms with Crippen molar-refractivity contribution in [2.24, 2.45) is 0 Å². The van der Waals surface area contributed by atoms with Crippen LogP contribution in [0.3, 0.4) is 0 Å². The first-order valence-corrected chi connectivity index (χ1v) is 6.53. The van der Waals surface area contributed by atoms with Crippen molar-refractivity contribution in [2.45, 2.75) is 13.5 Å². The molecule has 0 spiro atoms. The minimum Gasteiger partial charge on any atom is -0.463 e. The van der Waals surface area contributed by atoms with Gasteiger partial charge in [-0.05, 0) is 19.1 Å². The molecule has 0 aliphatic rings. The van der Waals surface area contributed by atoms with Gasteiger partial charge in [-0.15, -0.1) is 15.3 Å². The van der Waals surface area contributed by atoms with Crippen LogP contribution in [-0.2, 0) is 11.3 Å². The van der Waals surface area contributed by atoms with Crippen LogP contribution >= 0.6 is 0 Å². The third-order valence-electron chi connectivity index (χ3n) is 2.97. The van der Waals surface area contributed by atoms with Gasteiger partial charge in [-0.3, -0.25) is 0 Å². The summed E-state index contributed by atoms with van der Waals surface area (Å²) >= 11 is 0. The van der Waals surface area contributed by atoms with Crippen LogP contribution in [0.15, 0.2) is 35.0 Å². The summed E-state index contributed by atoms with van der Waals surface area (Å²) < 4.78 is 11.6. The van der Waals surface area contributed by atoms with Gasteiger partial charge in [0.25, 0.3) is 5.82 Å². The Morgan fingerprint density at radius 2 is 2.05 bits per heavy atom. The maximum atomic E-state index is 11.3. The van der Waals surface area contributed by atoms with E-state index in [-0.39, 0.29) is 12.4 Å². The van der Waals surface area contributed by atoms with E-state index in [1.807, 2.05) is 31.2 Å². The number of hydrogen-bond donors (Lipinski definition) is 0. The Bertz CT molecular complexity index is 791. The van der Waals surface area contributed by atoms with Gasteiger partial charge in [0.1, 0.15) is 12.9 Å². The summed E-state index contributed by atoms with van der Waals surface area (Å²) in [5.74, 6) is 0.200. The van der Waals surface area contributed by atoms with Crippen molar-refractivity contribution in [3.63, 3.8) is 0 Å². The minimum absolute atomic E-state index is 0.0132. The van der Waals surface area contributed by atoms with Crippen LogP contribution in [0.1, 0.15) is 22.1 Å². The summed E-state index contributed by atoms with van der Waals surface area (Å²) in [6, 6.07) is 7.77. The van der Waals surface area contributed by atoms with Gasteiger partial charge in [-0.2, -0.15) is 0 Å². The maximum absolute atomic E-state index is 11.3. The highest BCUT2D eigenvalue weighted by Crippen LogP contribution is 2.18. The zero-order valence-electron chi connectivity index (χ0n) is 12.1. The molecule has 2 aromatic heterocycles. The lowest BCUT2D eigenvalue weighted by molar-refractivity contribution is 0.0586. The number of methoxy groups -OCH3 is 1. The van der Waals surface area contributed by atoms with E-state index in [1.54, 1.807) is 0 Å². The molecule has 112 valence electrons. The molecule has 0 N–H and O–H groups in total. The Kier molecular flexibility index (Phi) is 3.65. The zero-order chi connectivity index (χ0) is 15.5. The fourth-order valence-electron chi connectivity index (χ4n) is 1.82. The SMILES string of the molecule is COC(=O)c1ncn(Cc2nnc(-c3ccc(C)cc3)o2)n1. The van der Waals surface area contributed by atoms with Crippen molar-refractivity contribution in [1.29, 1.82) is 0 Å². The number of aromatic nitrogens is 5. The van der Waals surface area contributed by atoms with Gasteiger partial charge in [-0.25, -0.2) is 14.5 Å². The Morgan fingerprint density at radius 1 is 1.27 bits per heavy atom. The van der Waals surface area contributed by atoms with Gasteiger partial charge in [0.15, 0.2) is 0 Å². The average Bonchev–Trinajstić information content (AvgIpc) is 3.17. The molecule has 22 heavy (non-hydrogen) atoms. The number of ether oxygens (including phenoxy) is 1. The van der Waals surface area contributed by atoms with Crippen LogP contribution in [0.4, 0.5) is 0 Å². The molecule has 2 heterocycles. The number of aryl methyl sites for hydroxylation is 1. The molecular weight excluding hydrogens is 286 g/mol. The molecule has 8 nitrogen and oxygen atoms in total. The molecule has 0 saturated carbocycles. The highest BCUT2D eigenvalue weighted by atomic mass is 16.5. The fourth-order valence-corrected chi connectivity index (χ4v) is 1.82. The number of carbonyl (C=O) groups excluding carboxylic acids is 1. The van der Waals surface area contributed by atoms with Crippen molar-refractivity contribution < 1.29 is 13.9 Å². The molecule has 0 aliphatic heterocycles. The van der Waals surface area contributed by atoms with Gasteiger partial charge >= 0.3 is 5.97 Å². The van der Waals surface area contributed by atoms with E-state index in [4.69, 9.17) is 4.42 Å². The quantitative estimate of drug-likeness (QED) is 0.673. The Labute approximate surface area is 125 Å². The topological polar surface area (TPSA) is 95.9 Å². The molecule has 0 amide bonds. The van der Waals surface area contributed by atoms with E-state index in [0.29, 0.717) is 11.8 Å². The Hall–Kier alpha value is -3.03. The molecule has 0 radical (unpaired) electrons. The van der Waals surface area contributed by atoms with Crippen molar-refractivity contribution in [2.75, 3.05) is 7.11 Å². The average molecular weight is 299 g/mol. The monoisotopic (exact) mass is 299 g/mol. The first kappa shape index (κ1) is 13.9. The highest BCUT2D eigenvalue weighted by Gasteiger charge is 2.13. The predicted octanol–water partition coefficient (Wildman–Crippen LogP) is 1.47. The van der Waals surface area contributed by atoms with E-state index in [2.05, 4.69) is 25.0 Å². The van der Waals surface area contributed by atoms with E-state index in [9.17, 15) is 4.79 Å². The summed E-state index contributed by atoms with van der Waals surface area (Å²) in [5.41, 5.74) is 2.00. The Balaban J connectivity index is 1.75. The van der Waals surface area contributed by atoms with Crippen LogP contribution in [0.2, 0.25) is 0 Å². The highest BCUT2D eigenvalue weighted by molar-refractivity contribution is 5.84. The second-order valence-corrected chi connectivity index (χ2v) is 4.62. The minimum atomic E-state index is -0.593. The first-order chi connectivity index (χ1) is 10.7. The van der Waals surface area contributed by atoms with E-state index in [0.717, 1.165) is 11.1 Å². The number of nitrogens with zero attached hydrogens (tertiary/aromatic N) is 5. The predicted molar refractivity (Wildman–Crippen MR) is 74.9 cm³/mol. The van der Waals surface area contributed by atoms with Gasteiger partial charge in [-0.1, -0.05) is 17.7 Å². The van der Waals surface area contributed by atoms with E-state index >= 15 is 0 Å². The number of benzene rings is 1. The van der Waals surface area contributed by atoms with Gasteiger partial charge in [0.2, 0.25) is 11.8 Å². The van der Waals surface area contributed by atoms with Crippen LogP contribution in [0.5, 0.6) is 0 Å². The summed E-state index contributed by atoms with van der Waals surface area (Å²) in [4.78, 5) is 15.1. The van der Waals surface area contributed by atoms with Crippen LogP contribution < -0.4 is 0 Å². The molecule has 0 unspecified atom stereocenters. The maximum Gasteiger partial charge on any atom is 0.377 e. The lowest BCUT2D eigenvalue weighted by Crippen LogP contribution is -2.06. The van der Waals surface area contributed by atoms with E-state index < -0.39 is 5.97 Å². The molecule has 0 bridgehead atoms. The number of esters is 1. The fraction of sp³-hybridized carbons (Fsp3) is 0.214. The number of rotatable bonds is 4. The van der Waals surface area contributed by atoms with Gasteiger partial charge < -0.3 is 9.15 Å². The number of carbonyl (C=O) groups is 1. The smallest absolute Gasteiger partial charge is 0.377 e. The van der Waals surface area contributed by atoms with Crippen molar-refractivity contribution >= 4 is 5.97 Å². The summed E-state index contributed by atoms with van der Waals surface area (Å²) in [5, 5.41) is 11.9. The largest absolute Gasteiger partial charge is 0.463 e. The second-order valence-electron chi connectivity index (χ2n) is 4.62. The first-order valence-electron chi connectivity index (χ1n) is 6.53. The van der Waals surface area contributed by atoms with Gasteiger partial charge in [0, 0.05) is 5.56 Å². The lowest BCUT2D eigenvalue weighted by atomic mass is 10.1. The molecule has 0 atom stereocenters. The van der Waals surface area contributed by atoms with Crippen LogP contribution in [0.25, 0.3) is 11.5 Å². The molecule has 1 aromatic carbocycles. The molecule has 0 saturated heterocycles. The van der Waals surface area contributed by atoms with Crippen molar-refractivity contribution in [3.8, 4) is 11.5 Å². The molecule has 0 fully saturated rings. The molecule has 3 rings (SSSR count). The Morgan fingerprint density at radius 3 is 2.77 bits per heavy atom. The standard InChI is InChI=1S/C14H13N5O3/c1-9-3-5-10(6-4-9)13-17-16-11(22-13)7-19-8-15-12(18-19)14(20)21-2/h3-6,8H,7H2,1-2H3. The molecule has 0 aliphatic carbocycles. The summed E-state index contributed by atoms with van der Waals surface area (Å²) in [7, 11) is 1.27. The summed E-state index contributed by atoms with van der Waals surface area (Å²) in [6.07, 6.45) is 1.40. The molecule has 8 heteroatoms. The number of hydrogen-bond acceptors (Lipinski definition) is 7. The zero-order valence-corrected chi connectivity index (χ0v) is 12.1. The van der Waals surface area contributed by atoms with E-state index in [1.165, 1.54) is 18.1 Å². The lowest BCUT2D eigenvalue weighted by Gasteiger charge is -1.96. The second kappa shape index (κ2) is 5.76. The van der Waals surface area contributed by atoms with Gasteiger partial charge in [0.05, 0.1) is 7.11 Å². The van der Waals surface area contributed by atoms with Crippen molar-refractivity contribution in [3.05, 3.63) is 47.9 Å². The normalized spacial score (nSPS) is 10.6. The van der Waals surface area contributed by atoms with Crippen LogP contribution in [0, 0.1) is 6.92 Å². The molecular formula is C14H13N5O3.